The second-order valence-corrected chi connectivity index (χ2v) is 4.61. The van der Waals surface area contributed by atoms with E-state index in [1.54, 1.807) is 0 Å². The Balaban J connectivity index is 3.43. The highest BCUT2D eigenvalue weighted by Gasteiger charge is 2.22. The average Bonchev–Trinajstić information content (AvgIpc) is 2.06. The van der Waals surface area contributed by atoms with Crippen molar-refractivity contribution in [3.63, 3.8) is 0 Å². The molecule has 0 bridgehead atoms. The molecular weight excluding hydrogens is 197 g/mol. The van der Waals surface area contributed by atoms with Crippen molar-refractivity contribution >= 4 is 5.69 Å². The van der Waals surface area contributed by atoms with Gasteiger partial charge in [-0.2, -0.15) is 0 Å². The Morgan fingerprint density at radius 2 is 1.87 bits per heavy atom. The molecule has 1 aromatic carbocycles. The van der Waals surface area contributed by atoms with E-state index >= 15 is 0 Å². The summed E-state index contributed by atoms with van der Waals surface area (Å²) in [6.07, 6.45) is 0. The molecule has 0 saturated heterocycles. The maximum Gasteiger partial charge on any atom is 0.275 e. The zero-order chi connectivity index (χ0) is 11.8. The second kappa shape index (κ2) is 3.61. The molecule has 0 saturated carbocycles. The largest absolute Gasteiger partial charge is 0.275 e. The SMILES string of the molecule is Cc1c(F)cc(C(C)(C)C)cc1[N+](=O)[O-]. The molecule has 82 valence electrons. The van der Waals surface area contributed by atoms with E-state index in [-0.39, 0.29) is 16.7 Å². The van der Waals surface area contributed by atoms with Crippen LogP contribution in [0.2, 0.25) is 0 Å². The molecule has 0 spiro atoms. The van der Waals surface area contributed by atoms with Crippen molar-refractivity contribution in [2.45, 2.75) is 33.1 Å². The summed E-state index contributed by atoms with van der Waals surface area (Å²) in [5.41, 5.74) is 0.282. The summed E-state index contributed by atoms with van der Waals surface area (Å²) >= 11 is 0. The van der Waals surface area contributed by atoms with Crippen LogP contribution in [0.3, 0.4) is 0 Å². The van der Waals surface area contributed by atoms with Crippen LogP contribution in [0.1, 0.15) is 31.9 Å². The van der Waals surface area contributed by atoms with Gasteiger partial charge in [0, 0.05) is 6.07 Å². The molecule has 0 aromatic heterocycles. The molecule has 0 heterocycles. The Morgan fingerprint density at radius 3 is 2.27 bits per heavy atom. The van der Waals surface area contributed by atoms with Crippen molar-refractivity contribution < 1.29 is 9.31 Å². The van der Waals surface area contributed by atoms with E-state index in [0.29, 0.717) is 5.56 Å². The molecule has 0 amide bonds. The molecule has 0 atom stereocenters. The van der Waals surface area contributed by atoms with Crippen LogP contribution in [0.15, 0.2) is 12.1 Å². The fraction of sp³-hybridized carbons (Fsp3) is 0.455. The first-order chi connectivity index (χ1) is 6.73. The van der Waals surface area contributed by atoms with Crippen molar-refractivity contribution in [1.82, 2.24) is 0 Å². The minimum Gasteiger partial charge on any atom is -0.258 e. The first kappa shape index (κ1) is 11.6. The predicted octanol–water partition coefficient (Wildman–Crippen LogP) is 3.34. The van der Waals surface area contributed by atoms with Gasteiger partial charge in [0.25, 0.3) is 5.69 Å². The molecule has 1 rings (SSSR count). The lowest BCUT2D eigenvalue weighted by Crippen LogP contribution is -2.12. The normalized spacial score (nSPS) is 11.5. The van der Waals surface area contributed by atoms with Crippen LogP contribution in [0.4, 0.5) is 10.1 Å². The van der Waals surface area contributed by atoms with Gasteiger partial charge in [-0.15, -0.1) is 0 Å². The molecule has 0 fully saturated rings. The lowest BCUT2D eigenvalue weighted by molar-refractivity contribution is -0.385. The van der Waals surface area contributed by atoms with Gasteiger partial charge in [-0.25, -0.2) is 4.39 Å². The molecule has 0 radical (unpaired) electrons. The zero-order valence-corrected chi connectivity index (χ0v) is 9.30. The van der Waals surface area contributed by atoms with Gasteiger partial charge in [0.15, 0.2) is 0 Å². The number of hydrogen-bond acceptors (Lipinski definition) is 2. The summed E-state index contributed by atoms with van der Waals surface area (Å²) in [6, 6.07) is 2.81. The van der Waals surface area contributed by atoms with Crippen molar-refractivity contribution in [1.29, 1.82) is 0 Å². The van der Waals surface area contributed by atoms with E-state index < -0.39 is 10.7 Å². The highest BCUT2D eigenvalue weighted by molar-refractivity contribution is 5.45. The van der Waals surface area contributed by atoms with Gasteiger partial charge in [0.1, 0.15) is 5.82 Å². The highest BCUT2D eigenvalue weighted by atomic mass is 19.1. The molecule has 0 aliphatic heterocycles. The van der Waals surface area contributed by atoms with Gasteiger partial charge < -0.3 is 0 Å². The van der Waals surface area contributed by atoms with Gasteiger partial charge >= 0.3 is 0 Å². The van der Waals surface area contributed by atoms with E-state index in [9.17, 15) is 14.5 Å². The van der Waals surface area contributed by atoms with E-state index in [1.165, 1.54) is 19.1 Å². The van der Waals surface area contributed by atoms with Crippen LogP contribution >= 0.6 is 0 Å². The lowest BCUT2D eigenvalue weighted by atomic mass is 9.86. The van der Waals surface area contributed by atoms with Crippen molar-refractivity contribution in [3.05, 3.63) is 39.2 Å². The van der Waals surface area contributed by atoms with Gasteiger partial charge in [0.2, 0.25) is 0 Å². The van der Waals surface area contributed by atoms with Crippen LogP contribution < -0.4 is 0 Å². The number of nitro benzene ring substituents is 1. The monoisotopic (exact) mass is 211 g/mol. The molecule has 0 aliphatic carbocycles. The molecule has 0 unspecified atom stereocenters. The summed E-state index contributed by atoms with van der Waals surface area (Å²) in [4.78, 5) is 10.1. The average molecular weight is 211 g/mol. The van der Waals surface area contributed by atoms with E-state index in [1.807, 2.05) is 20.8 Å². The summed E-state index contributed by atoms with van der Waals surface area (Å²) in [5, 5.41) is 10.7. The number of hydrogen-bond donors (Lipinski definition) is 0. The maximum atomic E-state index is 13.4. The third kappa shape index (κ3) is 2.32. The molecule has 15 heavy (non-hydrogen) atoms. The van der Waals surface area contributed by atoms with Gasteiger partial charge in [-0.3, -0.25) is 10.1 Å². The standard InChI is InChI=1S/C11H14FNO2/c1-7-9(12)5-8(11(2,3)4)6-10(7)13(14)15/h5-6H,1-4H3. The van der Waals surface area contributed by atoms with E-state index in [4.69, 9.17) is 0 Å². The van der Waals surface area contributed by atoms with Crippen molar-refractivity contribution in [3.8, 4) is 0 Å². The highest BCUT2D eigenvalue weighted by Crippen LogP contribution is 2.29. The fourth-order valence-corrected chi connectivity index (χ4v) is 1.29. The summed E-state index contributed by atoms with van der Waals surface area (Å²) in [5.74, 6) is -0.519. The summed E-state index contributed by atoms with van der Waals surface area (Å²) < 4.78 is 13.4. The smallest absolute Gasteiger partial charge is 0.258 e. The van der Waals surface area contributed by atoms with Crippen molar-refractivity contribution in [2.75, 3.05) is 0 Å². The lowest BCUT2D eigenvalue weighted by Gasteiger charge is -2.19. The third-order valence-corrected chi connectivity index (χ3v) is 2.38. The fourth-order valence-electron chi connectivity index (χ4n) is 1.29. The third-order valence-electron chi connectivity index (χ3n) is 2.38. The Kier molecular flexibility index (Phi) is 2.79. The molecule has 0 N–H and O–H groups in total. The van der Waals surface area contributed by atoms with Crippen LogP contribution in [-0.4, -0.2) is 4.92 Å². The quantitative estimate of drug-likeness (QED) is 0.528. The van der Waals surface area contributed by atoms with Gasteiger partial charge in [-0.1, -0.05) is 20.8 Å². The zero-order valence-electron chi connectivity index (χ0n) is 9.30. The first-order valence-electron chi connectivity index (χ1n) is 4.68. The number of rotatable bonds is 1. The van der Waals surface area contributed by atoms with Crippen LogP contribution in [-0.2, 0) is 5.41 Å². The van der Waals surface area contributed by atoms with Gasteiger partial charge in [0.05, 0.1) is 10.5 Å². The Hall–Kier alpha value is -1.45. The van der Waals surface area contributed by atoms with Crippen LogP contribution in [0.5, 0.6) is 0 Å². The molecular formula is C11H14FNO2. The Bertz CT molecular complexity index is 408. The Morgan fingerprint density at radius 1 is 1.33 bits per heavy atom. The molecule has 1 aromatic rings. The van der Waals surface area contributed by atoms with Crippen LogP contribution in [0, 0.1) is 22.9 Å². The second-order valence-electron chi connectivity index (χ2n) is 4.61. The predicted molar refractivity (Wildman–Crippen MR) is 56.5 cm³/mol. The summed E-state index contributed by atoms with van der Waals surface area (Å²) in [6.45, 7) is 7.09. The van der Waals surface area contributed by atoms with Crippen molar-refractivity contribution in [2.24, 2.45) is 0 Å². The Labute approximate surface area is 88.1 Å². The number of benzene rings is 1. The maximum absolute atomic E-state index is 13.4. The minimum absolute atomic E-state index is 0.0907. The molecule has 0 aliphatic rings. The minimum atomic E-state index is -0.548. The summed E-state index contributed by atoms with van der Waals surface area (Å²) in [7, 11) is 0. The van der Waals surface area contributed by atoms with Gasteiger partial charge in [-0.05, 0) is 24.0 Å². The number of nitro groups is 1. The molecule has 3 nitrogen and oxygen atoms in total. The number of nitrogens with zero attached hydrogens (tertiary/aromatic N) is 1. The molecule has 4 heteroatoms. The van der Waals surface area contributed by atoms with E-state index in [0.717, 1.165) is 0 Å². The first-order valence-corrected chi connectivity index (χ1v) is 4.68. The number of halogens is 1. The topological polar surface area (TPSA) is 43.1 Å². The van der Waals surface area contributed by atoms with Crippen LogP contribution in [0.25, 0.3) is 0 Å². The van der Waals surface area contributed by atoms with E-state index in [2.05, 4.69) is 0 Å².